The lowest BCUT2D eigenvalue weighted by Gasteiger charge is -2.41. The molecule has 1 aliphatic carbocycles. The lowest BCUT2D eigenvalue weighted by molar-refractivity contribution is 0.0203. The zero-order valence-electron chi connectivity index (χ0n) is 11.4. The number of aromatic nitrogens is 2. The summed E-state index contributed by atoms with van der Waals surface area (Å²) in [5.41, 5.74) is 0.930. The summed E-state index contributed by atoms with van der Waals surface area (Å²) in [4.78, 5) is 19.9. The molecule has 19 heavy (non-hydrogen) atoms. The Morgan fingerprint density at radius 1 is 1.53 bits per heavy atom. The van der Waals surface area contributed by atoms with Crippen LogP contribution in [0.5, 0.6) is 0 Å². The van der Waals surface area contributed by atoms with Crippen molar-refractivity contribution < 1.29 is 9.53 Å². The van der Waals surface area contributed by atoms with Crippen LogP contribution < -0.4 is 10.6 Å². The van der Waals surface area contributed by atoms with Crippen LogP contribution in [0.3, 0.4) is 0 Å². The monoisotopic (exact) mass is 264 g/mol. The number of rotatable bonds is 5. The van der Waals surface area contributed by atoms with Gasteiger partial charge in [0.05, 0.1) is 6.61 Å². The number of nitrogens with zero attached hydrogens (tertiary/aromatic N) is 2. The summed E-state index contributed by atoms with van der Waals surface area (Å²) in [5.74, 6) is 0.326. The van der Waals surface area contributed by atoms with Gasteiger partial charge in [0.15, 0.2) is 0 Å². The zero-order chi connectivity index (χ0) is 13.7. The van der Waals surface area contributed by atoms with Gasteiger partial charge in [0, 0.05) is 31.0 Å². The highest BCUT2D eigenvalue weighted by Crippen LogP contribution is 2.40. The van der Waals surface area contributed by atoms with Crippen LogP contribution in [-0.2, 0) is 4.74 Å². The first-order chi connectivity index (χ1) is 9.13. The van der Waals surface area contributed by atoms with E-state index in [1.54, 1.807) is 19.4 Å². The van der Waals surface area contributed by atoms with E-state index in [9.17, 15) is 4.79 Å². The average molecular weight is 264 g/mol. The molecule has 1 aromatic heterocycles. The minimum Gasteiger partial charge on any atom is -0.384 e. The molecule has 6 nitrogen and oxygen atoms in total. The predicted molar refractivity (Wildman–Crippen MR) is 72.0 cm³/mol. The molecule has 0 spiro atoms. The first kappa shape index (κ1) is 13.7. The highest BCUT2D eigenvalue weighted by molar-refractivity contribution is 5.87. The Morgan fingerprint density at radius 3 is 2.89 bits per heavy atom. The molecule has 2 N–H and O–H groups in total. The van der Waals surface area contributed by atoms with Crippen LogP contribution in [-0.4, -0.2) is 36.3 Å². The molecule has 0 bridgehead atoms. The van der Waals surface area contributed by atoms with Gasteiger partial charge in [0.25, 0.3) is 0 Å². The topological polar surface area (TPSA) is 76.1 Å². The van der Waals surface area contributed by atoms with Gasteiger partial charge in [-0.3, -0.25) is 5.32 Å². The number of hydrogen-bond donors (Lipinski definition) is 2. The highest BCUT2D eigenvalue weighted by Gasteiger charge is 2.37. The Hall–Kier alpha value is -1.69. The largest absolute Gasteiger partial charge is 0.384 e. The Bertz CT molecular complexity index is 446. The van der Waals surface area contributed by atoms with E-state index >= 15 is 0 Å². The summed E-state index contributed by atoms with van der Waals surface area (Å²) in [5, 5.41) is 5.50. The predicted octanol–water partition coefficient (Wildman–Crippen LogP) is 1.72. The number of ether oxygens (including phenoxy) is 1. The maximum atomic E-state index is 11.8. The molecule has 1 fully saturated rings. The normalized spacial score (nSPS) is 16.5. The van der Waals surface area contributed by atoms with E-state index in [0.717, 1.165) is 18.5 Å². The van der Waals surface area contributed by atoms with Crippen LogP contribution >= 0.6 is 0 Å². The molecule has 0 unspecified atom stereocenters. The van der Waals surface area contributed by atoms with Crippen molar-refractivity contribution in [3.8, 4) is 0 Å². The summed E-state index contributed by atoms with van der Waals surface area (Å²) in [6, 6.07) is 1.51. The third-order valence-electron chi connectivity index (χ3n) is 3.51. The van der Waals surface area contributed by atoms with Gasteiger partial charge >= 0.3 is 6.03 Å². The molecule has 0 radical (unpaired) electrons. The van der Waals surface area contributed by atoms with Gasteiger partial charge in [-0.2, -0.15) is 0 Å². The van der Waals surface area contributed by atoms with Crippen LogP contribution in [0.4, 0.5) is 10.7 Å². The fraction of sp³-hybridized carbons (Fsp3) is 0.615. The molecule has 0 aliphatic heterocycles. The van der Waals surface area contributed by atoms with Gasteiger partial charge in [-0.25, -0.2) is 14.8 Å². The molecule has 1 aliphatic rings. The molecule has 1 aromatic rings. The molecule has 6 heteroatoms. The number of nitrogens with one attached hydrogen (secondary N) is 2. The maximum Gasteiger partial charge on any atom is 0.321 e. The molecule has 1 saturated carbocycles. The van der Waals surface area contributed by atoms with Gasteiger partial charge < -0.3 is 10.1 Å². The summed E-state index contributed by atoms with van der Waals surface area (Å²) in [6.45, 7) is 3.17. The fourth-order valence-corrected chi connectivity index (χ4v) is 2.28. The maximum absolute atomic E-state index is 11.8. The minimum atomic E-state index is -0.270. The van der Waals surface area contributed by atoms with Crippen molar-refractivity contribution in [1.82, 2.24) is 15.3 Å². The van der Waals surface area contributed by atoms with Crippen molar-refractivity contribution in [2.24, 2.45) is 5.41 Å². The van der Waals surface area contributed by atoms with Gasteiger partial charge in [-0.15, -0.1) is 0 Å². The molecule has 0 saturated heterocycles. The van der Waals surface area contributed by atoms with Crippen molar-refractivity contribution in [3.63, 3.8) is 0 Å². The second-order valence-electron chi connectivity index (χ2n) is 5.12. The molecule has 2 amide bonds. The van der Waals surface area contributed by atoms with Gasteiger partial charge in [0.2, 0.25) is 5.95 Å². The number of urea groups is 1. The van der Waals surface area contributed by atoms with E-state index in [1.165, 1.54) is 6.42 Å². The van der Waals surface area contributed by atoms with E-state index in [2.05, 4.69) is 20.6 Å². The van der Waals surface area contributed by atoms with Crippen molar-refractivity contribution in [2.45, 2.75) is 26.2 Å². The standard InChI is InChI=1S/C13H20N4O2/c1-10-4-7-14-11(16-10)17-12(18)15-8-13(9-19-2)5-3-6-13/h4,7H,3,5-6,8-9H2,1-2H3,(H2,14,15,16,17,18). The van der Waals surface area contributed by atoms with Crippen LogP contribution in [0.15, 0.2) is 12.3 Å². The highest BCUT2D eigenvalue weighted by atomic mass is 16.5. The Labute approximate surface area is 113 Å². The SMILES string of the molecule is COCC1(CNC(=O)Nc2nccc(C)n2)CCC1. The molecule has 104 valence electrons. The van der Waals surface area contributed by atoms with E-state index in [0.29, 0.717) is 19.1 Å². The minimum absolute atomic E-state index is 0.111. The summed E-state index contributed by atoms with van der Waals surface area (Å²) in [7, 11) is 1.70. The second kappa shape index (κ2) is 5.97. The van der Waals surface area contributed by atoms with Gasteiger partial charge in [-0.1, -0.05) is 6.42 Å². The summed E-state index contributed by atoms with van der Waals surface area (Å²) < 4.78 is 5.22. The molecule has 2 rings (SSSR count). The molecule has 1 heterocycles. The molecule has 0 atom stereocenters. The number of carbonyl (C=O) groups is 1. The van der Waals surface area contributed by atoms with Crippen LogP contribution in [0.25, 0.3) is 0 Å². The number of aryl methyl sites for hydroxylation is 1. The van der Waals surface area contributed by atoms with Gasteiger partial charge in [0.1, 0.15) is 0 Å². The zero-order valence-corrected chi connectivity index (χ0v) is 11.4. The van der Waals surface area contributed by atoms with Crippen molar-refractivity contribution in [1.29, 1.82) is 0 Å². The first-order valence-corrected chi connectivity index (χ1v) is 6.47. The average Bonchev–Trinajstić information content (AvgIpc) is 2.32. The lowest BCUT2D eigenvalue weighted by atomic mass is 9.69. The number of methoxy groups -OCH3 is 1. The summed E-state index contributed by atoms with van der Waals surface area (Å²) >= 11 is 0. The van der Waals surface area contributed by atoms with Crippen LogP contribution in [0, 0.1) is 12.3 Å². The smallest absolute Gasteiger partial charge is 0.321 e. The fourth-order valence-electron chi connectivity index (χ4n) is 2.28. The molecular weight excluding hydrogens is 244 g/mol. The Balaban J connectivity index is 1.81. The third kappa shape index (κ3) is 3.64. The Kier molecular flexibility index (Phi) is 4.31. The summed E-state index contributed by atoms with van der Waals surface area (Å²) in [6.07, 6.45) is 5.02. The number of amides is 2. The van der Waals surface area contributed by atoms with Crippen molar-refractivity contribution in [2.75, 3.05) is 25.6 Å². The van der Waals surface area contributed by atoms with Crippen molar-refractivity contribution >= 4 is 12.0 Å². The molecular formula is C13H20N4O2. The number of carbonyl (C=O) groups excluding carboxylic acids is 1. The van der Waals surface area contributed by atoms with Crippen LogP contribution in [0.2, 0.25) is 0 Å². The second-order valence-corrected chi connectivity index (χ2v) is 5.12. The van der Waals surface area contributed by atoms with E-state index in [1.807, 2.05) is 6.92 Å². The first-order valence-electron chi connectivity index (χ1n) is 6.47. The van der Waals surface area contributed by atoms with E-state index in [4.69, 9.17) is 4.74 Å². The molecule has 0 aromatic carbocycles. The quantitative estimate of drug-likeness (QED) is 0.849. The van der Waals surface area contributed by atoms with Gasteiger partial charge in [-0.05, 0) is 25.8 Å². The third-order valence-corrected chi connectivity index (χ3v) is 3.51. The lowest BCUT2D eigenvalue weighted by Crippen LogP contribution is -2.46. The van der Waals surface area contributed by atoms with E-state index in [-0.39, 0.29) is 11.4 Å². The van der Waals surface area contributed by atoms with Crippen molar-refractivity contribution in [3.05, 3.63) is 18.0 Å². The number of hydrogen-bond acceptors (Lipinski definition) is 4. The Morgan fingerprint density at radius 2 is 2.32 bits per heavy atom. The van der Waals surface area contributed by atoms with E-state index < -0.39 is 0 Å². The number of anilines is 1. The van der Waals surface area contributed by atoms with Crippen LogP contribution in [0.1, 0.15) is 25.0 Å².